The molecule has 3 aromatic carbocycles. The molecule has 3 rings (SSSR count). The molecule has 0 bridgehead atoms. The summed E-state index contributed by atoms with van der Waals surface area (Å²) in [6.45, 7) is 2.20. The molecule has 0 N–H and O–H groups in total. The fourth-order valence-corrected chi connectivity index (χ4v) is 2.23. The van der Waals surface area contributed by atoms with Gasteiger partial charge in [0.05, 0.1) is 0 Å². The maximum absolute atomic E-state index is 2.32. The van der Waals surface area contributed by atoms with Crippen molar-refractivity contribution in [2.24, 2.45) is 0 Å². The SMILES string of the molecule is CCc1cc2ccc3ccccc3c2[cH-]1.[Cl-].[Cl-].[Hf]. The minimum atomic E-state index is 0. The van der Waals surface area contributed by atoms with E-state index in [1.165, 1.54) is 27.1 Å². The monoisotopic (exact) mass is 443 g/mol. The number of fused-ring (bicyclic) bond motifs is 3. The molecule has 0 aliphatic carbocycles. The summed E-state index contributed by atoms with van der Waals surface area (Å²) in [6, 6.07) is 17.6. The molecule has 0 unspecified atom stereocenters. The van der Waals surface area contributed by atoms with Gasteiger partial charge in [0.25, 0.3) is 0 Å². The van der Waals surface area contributed by atoms with E-state index in [0.29, 0.717) is 0 Å². The van der Waals surface area contributed by atoms with E-state index in [0.717, 1.165) is 6.42 Å². The fraction of sp³-hybridized carbons (Fsp3) is 0.133. The summed E-state index contributed by atoms with van der Waals surface area (Å²) in [5.74, 6) is 0. The van der Waals surface area contributed by atoms with Gasteiger partial charge >= 0.3 is 0 Å². The predicted octanol–water partition coefficient (Wildman–Crippen LogP) is -1.72. The molecule has 0 heterocycles. The van der Waals surface area contributed by atoms with Gasteiger partial charge in [-0.05, 0) is 6.42 Å². The molecule has 0 aliphatic rings. The van der Waals surface area contributed by atoms with Crippen LogP contribution < -0.4 is 24.8 Å². The first kappa shape index (κ1) is 17.8. The number of hydrogen-bond donors (Lipinski definition) is 0. The zero-order valence-electron chi connectivity index (χ0n) is 10.1. The average molecular weight is 443 g/mol. The van der Waals surface area contributed by atoms with Crippen LogP contribution in [0.5, 0.6) is 0 Å². The van der Waals surface area contributed by atoms with E-state index in [9.17, 15) is 0 Å². The van der Waals surface area contributed by atoms with E-state index in [2.05, 4.69) is 55.5 Å². The number of benzene rings is 2. The van der Waals surface area contributed by atoms with Crippen LogP contribution >= 0.6 is 0 Å². The average Bonchev–Trinajstić information content (AvgIpc) is 2.72. The van der Waals surface area contributed by atoms with E-state index >= 15 is 0 Å². The Morgan fingerprint density at radius 3 is 2.33 bits per heavy atom. The maximum Gasteiger partial charge on any atom is 0 e. The van der Waals surface area contributed by atoms with Crippen LogP contribution in [0.3, 0.4) is 0 Å². The summed E-state index contributed by atoms with van der Waals surface area (Å²) in [7, 11) is 0. The molecule has 0 radical (unpaired) electrons. The first-order chi connectivity index (χ1) is 7.38. The second kappa shape index (κ2) is 7.37. The van der Waals surface area contributed by atoms with Crippen LogP contribution in [0.1, 0.15) is 12.5 Å². The van der Waals surface area contributed by atoms with E-state index in [1.807, 2.05) is 0 Å². The van der Waals surface area contributed by atoms with Crippen molar-refractivity contribution < 1.29 is 50.7 Å². The summed E-state index contributed by atoms with van der Waals surface area (Å²) < 4.78 is 0. The van der Waals surface area contributed by atoms with Crippen LogP contribution in [0.15, 0.2) is 48.5 Å². The van der Waals surface area contributed by atoms with Gasteiger partial charge in [0.2, 0.25) is 0 Å². The van der Waals surface area contributed by atoms with Crippen LogP contribution in [0.4, 0.5) is 0 Å². The molecule has 0 atom stereocenters. The second-order valence-corrected chi connectivity index (χ2v) is 4.01. The number of hydrogen-bond acceptors (Lipinski definition) is 0. The van der Waals surface area contributed by atoms with Gasteiger partial charge in [-0.3, -0.25) is 0 Å². The van der Waals surface area contributed by atoms with E-state index < -0.39 is 0 Å². The van der Waals surface area contributed by atoms with Crippen LogP contribution in [0.25, 0.3) is 21.5 Å². The van der Waals surface area contributed by atoms with Crippen LogP contribution in [0.2, 0.25) is 0 Å². The van der Waals surface area contributed by atoms with Crippen molar-refractivity contribution in [3.8, 4) is 0 Å². The molecule has 3 aromatic rings. The first-order valence-electron chi connectivity index (χ1n) is 5.45. The Kier molecular flexibility index (Phi) is 7.28. The van der Waals surface area contributed by atoms with Crippen LogP contribution in [-0.4, -0.2) is 0 Å². The molecule has 18 heavy (non-hydrogen) atoms. The van der Waals surface area contributed by atoms with Crippen molar-refractivity contribution in [2.75, 3.05) is 0 Å². The van der Waals surface area contributed by atoms with Crippen molar-refractivity contribution in [2.45, 2.75) is 13.3 Å². The molecule has 0 nitrogen and oxygen atoms in total. The van der Waals surface area contributed by atoms with Crippen molar-refractivity contribution in [3.63, 3.8) is 0 Å². The third-order valence-electron chi connectivity index (χ3n) is 3.08. The van der Waals surface area contributed by atoms with Crippen LogP contribution in [-0.2, 0) is 32.3 Å². The predicted molar refractivity (Wildman–Crippen MR) is 66.4 cm³/mol. The Morgan fingerprint density at radius 2 is 1.61 bits per heavy atom. The molecule has 0 saturated heterocycles. The largest absolute Gasteiger partial charge is 1.00 e. The summed E-state index contributed by atoms with van der Waals surface area (Å²) in [4.78, 5) is 0. The molecule has 94 valence electrons. The van der Waals surface area contributed by atoms with E-state index in [4.69, 9.17) is 0 Å². The third kappa shape index (κ3) is 3.01. The number of halogens is 2. The Hall–Kier alpha value is -0.240. The Morgan fingerprint density at radius 1 is 0.944 bits per heavy atom. The quantitative estimate of drug-likeness (QED) is 0.311. The second-order valence-electron chi connectivity index (χ2n) is 4.01. The van der Waals surface area contributed by atoms with Gasteiger partial charge in [-0.2, -0.15) is 6.07 Å². The van der Waals surface area contributed by atoms with Gasteiger partial charge in [0, 0.05) is 25.8 Å². The topological polar surface area (TPSA) is 0 Å². The summed E-state index contributed by atoms with van der Waals surface area (Å²) in [6.07, 6.45) is 1.11. The standard InChI is InChI=1S/C15H13.2ClH.Hf/c1-2-11-9-13-8-7-12-5-3-4-6-14(12)15(13)10-11;;;/h3-10H,2H2,1H3;2*1H;/q-1;;;/p-2. The fourth-order valence-electron chi connectivity index (χ4n) is 2.23. The molecule has 0 fully saturated rings. The minimum Gasteiger partial charge on any atom is -1.00 e. The van der Waals surface area contributed by atoms with Crippen LogP contribution in [0, 0.1) is 0 Å². The van der Waals surface area contributed by atoms with Gasteiger partial charge in [-0.15, -0.1) is 28.5 Å². The summed E-state index contributed by atoms with van der Waals surface area (Å²) in [5, 5.41) is 5.46. The number of rotatable bonds is 1. The smallest absolute Gasteiger partial charge is 0 e. The van der Waals surface area contributed by atoms with E-state index in [-0.39, 0.29) is 50.7 Å². The van der Waals surface area contributed by atoms with Crippen molar-refractivity contribution in [3.05, 3.63) is 54.1 Å². The third-order valence-corrected chi connectivity index (χ3v) is 3.08. The van der Waals surface area contributed by atoms with Gasteiger partial charge < -0.3 is 24.8 Å². The Bertz CT molecular complexity index is 629. The van der Waals surface area contributed by atoms with Gasteiger partial charge in [-0.1, -0.05) is 48.0 Å². The molecule has 0 aromatic heterocycles. The molecule has 0 amide bonds. The molecule has 0 spiro atoms. The number of aryl methyl sites for hydroxylation is 1. The normalized spacial score (nSPS) is 9.39. The molecular formula is C15H13Cl2Hf-3. The van der Waals surface area contributed by atoms with Crippen molar-refractivity contribution >= 4 is 21.5 Å². The van der Waals surface area contributed by atoms with Gasteiger partial charge in [-0.25, -0.2) is 0 Å². The van der Waals surface area contributed by atoms with Gasteiger partial charge in [0.1, 0.15) is 0 Å². The summed E-state index contributed by atoms with van der Waals surface area (Å²) in [5.41, 5.74) is 1.43. The van der Waals surface area contributed by atoms with Crippen molar-refractivity contribution in [1.29, 1.82) is 0 Å². The van der Waals surface area contributed by atoms with Crippen molar-refractivity contribution in [1.82, 2.24) is 0 Å². The molecule has 0 aliphatic heterocycles. The van der Waals surface area contributed by atoms with Gasteiger partial charge in [0.15, 0.2) is 0 Å². The van der Waals surface area contributed by atoms with E-state index in [1.54, 1.807) is 0 Å². The zero-order valence-corrected chi connectivity index (χ0v) is 15.2. The summed E-state index contributed by atoms with van der Waals surface area (Å²) >= 11 is 0. The molecule has 0 saturated carbocycles. The minimum absolute atomic E-state index is 0. The zero-order chi connectivity index (χ0) is 10.3. The molecular weight excluding hydrogens is 430 g/mol. The molecule has 3 heteroatoms. The first-order valence-corrected chi connectivity index (χ1v) is 5.45. The Balaban J connectivity index is 0.000000963. The Labute approximate surface area is 139 Å². The maximum atomic E-state index is 2.32.